The maximum Gasteiger partial charge on any atom is 0.316 e. The first-order valence-electron chi connectivity index (χ1n) is 4.85. The molecule has 1 aromatic rings. The molecule has 0 aliphatic rings. The number of ether oxygens (including phenoxy) is 1. The number of carbonyl (C=O) groups excluding carboxylic acids is 1. The summed E-state index contributed by atoms with van der Waals surface area (Å²) in [5, 5.41) is 0.172. The van der Waals surface area contributed by atoms with Crippen molar-refractivity contribution in [1.29, 1.82) is 0 Å². The van der Waals surface area contributed by atoms with Crippen molar-refractivity contribution in [2.75, 3.05) is 12.3 Å². The maximum absolute atomic E-state index is 11.7. The van der Waals surface area contributed by atoms with E-state index in [9.17, 15) is 4.79 Å². The smallest absolute Gasteiger partial charge is 0.316 e. The van der Waals surface area contributed by atoms with Crippen LogP contribution in [0.5, 0.6) is 0 Å². The number of esters is 1. The second-order valence-corrected chi connectivity index (χ2v) is 4.14. The third-order valence-electron chi connectivity index (χ3n) is 2.22. The maximum atomic E-state index is 11.7. The number of aromatic nitrogens is 2. The summed E-state index contributed by atoms with van der Waals surface area (Å²) < 4.78 is 4.96. The van der Waals surface area contributed by atoms with E-state index in [1.54, 1.807) is 20.8 Å². The van der Waals surface area contributed by atoms with Crippen LogP contribution < -0.4 is 5.73 Å². The molecule has 88 valence electrons. The van der Waals surface area contributed by atoms with Gasteiger partial charge in [0.2, 0.25) is 5.95 Å². The van der Waals surface area contributed by atoms with E-state index < -0.39 is 5.41 Å². The third-order valence-corrected chi connectivity index (χ3v) is 2.51. The highest BCUT2D eigenvalue weighted by molar-refractivity contribution is 6.30. The fourth-order valence-corrected chi connectivity index (χ4v) is 1.59. The van der Waals surface area contributed by atoms with Gasteiger partial charge in [0.05, 0.1) is 12.0 Å². The van der Waals surface area contributed by atoms with Crippen LogP contribution in [0.15, 0.2) is 6.20 Å². The molecule has 1 heterocycles. The van der Waals surface area contributed by atoms with Crippen molar-refractivity contribution in [3.63, 3.8) is 0 Å². The van der Waals surface area contributed by atoms with Crippen LogP contribution in [0.1, 0.15) is 26.3 Å². The summed E-state index contributed by atoms with van der Waals surface area (Å²) in [5.74, 6) is -0.293. The molecule has 0 aromatic carbocycles. The van der Waals surface area contributed by atoms with Crippen LogP contribution in [0.2, 0.25) is 5.15 Å². The molecule has 5 nitrogen and oxygen atoms in total. The summed E-state index contributed by atoms with van der Waals surface area (Å²) in [6, 6.07) is 0. The van der Waals surface area contributed by atoms with Gasteiger partial charge in [0.1, 0.15) is 5.15 Å². The Hall–Kier alpha value is -1.36. The molecule has 0 radical (unpaired) electrons. The molecule has 6 heteroatoms. The number of anilines is 1. The van der Waals surface area contributed by atoms with Gasteiger partial charge in [0.15, 0.2) is 0 Å². The normalized spacial score (nSPS) is 11.2. The van der Waals surface area contributed by atoms with E-state index in [2.05, 4.69) is 9.97 Å². The molecule has 16 heavy (non-hydrogen) atoms. The first-order valence-corrected chi connectivity index (χ1v) is 5.23. The Morgan fingerprint density at radius 2 is 2.25 bits per heavy atom. The van der Waals surface area contributed by atoms with Gasteiger partial charge in [-0.1, -0.05) is 11.6 Å². The van der Waals surface area contributed by atoms with E-state index in [4.69, 9.17) is 22.1 Å². The zero-order valence-electron chi connectivity index (χ0n) is 9.45. The van der Waals surface area contributed by atoms with E-state index in [1.807, 2.05) is 0 Å². The molecular formula is C10H14ClN3O2. The molecule has 0 saturated carbocycles. The number of carbonyl (C=O) groups is 1. The lowest BCUT2D eigenvalue weighted by atomic mass is 9.86. The molecule has 0 fully saturated rings. The second-order valence-electron chi connectivity index (χ2n) is 3.78. The number of nitrogens with two attached hydrogens (primary N) is 1. The lowest BCUT2D eigenvalue weighted by Crippen LogP contribution is -2.32. The minimum absolute atomic E-state index is 0.0772. The first-order chi connectivity index (χ1) is 7.39. The number of rotatable bonds is 3. The quantitative estimate of drug-likeness (QED) is 0.644. The highest BCUT2D eigenvalue weighted by Crippen LogP contribution is 2.29. The second kappa shape index (κ2) is 4.65. The summed E-state index contributed by atoms with van der Waals surface area (Å²) in [4.78, 5) is 19.4. The van der Waals surface area contributed by atoms with E-state index in [1.165, 1.54) is 6.20 Å². The standard InChI is InChI=1S/C10H14ClN3O2/c1-4-16-8(15)10(2,3)6-5-13-9(12)14-7(6)11/h5H,4H2,1-3H3,(H2,12,13,14). The summed E-state index contributed by atoms with van der Waals surface area (Å²) in [5.41, 5.74) is 5.00. The van der Waals surface area contributed by atoms with Crippen LogP contribution >= 0.6 is 11.6 Å². The van der Waals surface area contributed by atoms with E-state index in [-0.39, 0.29) is 17.1 Å². The lowest BCUT2D eigenvalue weighted by Gasteiger charge is -2.22. The van der Waals surface area contributed by atoms with E-state index >= 15 is 0 Å². The van der Waals surface area contributed by atoms with Crippen molar-refractivity contribution in [2.45, 2.75) is 26.2 Å². The van der Waals surface area contributed by atoms with Gasteiger partial charge in [-0.15, -0.1) is 0 Å². The lowest BCUT2D eigenvalue weighted by molar-refractivity contribution is -0.148. The predicted octanol–water partition coefficient (Wildman–Crippen LogP) is 1.55. The van der Waals surface area contributed by atoms with Gasteiger partial charge in [-0.05, 0) is 20.8 Å². The highest BCUT2D eigenvalue weighted by atomic mass is 35.5. The molecule has 0 saturated heterocycles. The summed E-state index contributed by atoms with van der Waals surface area (Å²) >= 11 is 5.92. The van der Waals surface area contributed by atoms with Crippen molar-refractivity contribution >= 4 is 23.5 Å². The molecular weight excluding hydrogens is 230 g/mol. The van der Waals surface area contributed by atoms with Crippen LogP contribution in [0, 0.1) is 0 Å². The average molecular weight is 244 g/mol. The van der Waals surface area contributed by atoms with E-state index in [0.29, 0.717) is 12.2 Å². The molecule has 0 atom stereocenters. The zero-order chi connectivity index (χ0) is 12.3. The molecule has 1 rings (SSSR count). The number of nitrogen functional groups attached to an aromatic ring is 1. The molecule has 0 aliphatic heterocycles. The summed E-state index contributed by atoms with van der Waals surface area (Å²) in [6.07, 6.45) is 1.45. The predicted molar refractivity (Wildman–Crippen MR) is 61.1 cm³/mol. The summed E-state index contributed by atoms with van der Waals surface area (Å²) in [7, 11) is 0. The van der Waals surface area contributed by atoms with Crippen molar-refractivity contribution in [1.82, 2.24) is 9.97 Å². The Morgan fingerprint density at radius 3 is 2.75 bits per heavy atom. The third kappa shape index (κ3) is 2.41. The van der Waals surface area contributed by atoms with Gasteiger partial charge in [-0.3, -0.25) is 4.79 Å². The Kier molecular flexibility index (Phi) is 3.70. The van der Waals surface area contributed by atoms with Gasteiger partial charge in [0.25, 0.3) is 0 Å². The van der Waals surface area contributed by atoms with Crippen molar-refractivity contribution in [2.24, 2.45) is 0 Å². The molecule has 0 bridgehead atoms. The van der Waals surface area contributed by atoms with Crippen LogP contribution in [0.3, 0.4) is 0 Å². The fraction of sp³-hybridized carbons (Fsp3) is 0.500. The minimum atomic E-state index is -0.888. The average Bonchev–Trinajstić information content (AvgIpc) is 2.17. The van der Waals surface area contributed by atoms with Crippen molar-refractivity contribution in [3.05, 3.63) is 16.9 Å². The van der Waals surface area contributed by atoms with Crippen molar-refractivity contribution < 1.29 is 9.53 Å². The first kappa shape index (κ1) is 12.7. The van der Waals surface area contributed by atoms with Gasteiger partial charge in [0, 0.05) is 11.8 Å². The zero-order valence-corrected chi connectivity index (χ0v) is 10.2. The SMILES string of the molecule is CCOC(=O)C(C)(C)c1cnc(N)nc1Cl. The number of nitrogens with zero attached hydrogens (tertiary/aromatic N) is 2. The molecule has 0 aliphatic carbocycles. The molecule has 0 unspecified atom stereocenters. The Morgan fingerprint density at radius 1 is 1.62 bits per heavy atom. The van der Waals surface area contributed by atoms with Crippen molar-refractivity contribution in [3.8, 4) is 0 Å². The monoisotopic (exact) mass is 243 g/mol. The minimum Gasteiger partial charge on any atom is -0.465 e. The molecule has 2 N–H and O–H groups in total. The molecule has 0 amide bonds. The topological polar surface area (TPSA) is 78.1 Å². The number of hydrogen-bond acceptors (Lipinski definition) is 5. The largest absolute Gasteiger partial charge is 0.465 e. The van der Waals surface area contributed by atoms with Gasteiger partial charge in [-0.25, -0.2) is 9.97 Å². The number of halogens is 1. The van der Waals surface area contributed by atoms with Crippen LogP contribution in [0.4, 0.5) is 5.95 Å². The van der Waals surface area contributed by atoms with Crippen LogP contribution in [-0.4, -0.2) is 22.5 Å². The Balaban J connectivity index is 3.11. The fourth-order valence-electron chi connectivity index (χ4n) is 1.21. The number of hydrogen-bond donors (Lipinski definition) is 1. The van der Waals surface area contributed by atoms with Crippen LogP contribution in [0.25, 0.3) is 0 Å². The molecule has 0 spiro atoms. The van der Waals surface area contributed by atoms with Gasteiger partial charge >= 0.3 is 5.97 Å². The Labute approximate surface area is 99.0 Å². The van der Waals surface area contributed by atoms with E-state index in [0.717, 1.165) is 0 Å². The van der Waals surface area contributed by atoms with Crippen LogP contribution in [-0.2, 0) is 14.9 Å². The molecule has 1 aromatic heterocycles. The van der Waals surface area contributed by atoms with Gasteiger partial charge in [-0.2, -0.15) is 0 Å². The Bertz CT molecular complexity index is 407. The highest BCUT2D eigenvalue weighted by Gasteiger charge is 2.34. The van der Waals surface area contributed by atoms with Gasteiger partial charge < -0.3 is 10.5 Å². The summed E-state index contributed by atoms with van der Waals surface area (Å²) in [6.45, 7) is 5.46.